The Morgan fingerprint density at radius 1 is 0.604 bits per heavy atom. The van der Waals surface area contributed by atoms with Gasteiger partial charge >= 0.3 is 167 Å². The summed E-state index contributed by atoms with van der Waals surface area (Å²) in [5.74, 6) is 0. The fourth-order valence-corrected chi connectivity index (χ4v) is 25.3. The van der Waals surface area contributed by atoms with Gasteiger partial charge < -0.3 is 0 Å². The number of nitrogens with zero attached hydrogens (tertiary/aromatic N) is 3. The molecule has 2 aliphatic heterocycles. The second-order valence-electron chi connectivity index (χ2n) is 15.2. The summed E-state index contributed by atoms with van der Waals surface area (Å²) in [6.45, 7) is 13.9. The molecule has 0 radical (unpaired) electrons. The van der Waals surface area contributed by atoms with E-state index in [1.165, 1.54) is 85.9 Å². The third-order valence-corrected chi connectivity index (χ3v) is 28.0. The SMILES string of the molecule is CCC[CH2][Sn]([CH2]CCC)([CH2]CCC)[C]1=CCN(Cc2ccccc2)CC1.Clc1cccc(C2=CCN(CCc3ccc(-c4ccccc4)cc3)CC2)n1. The van der Waals surface area contributed by atoms with E-state index in [-0.39, 0.29) is 0 Å². The van der Waals surface area contributed by atoms with Crippen LogP contribution in [-0.2, 0) is 13.0 Å². The summed E-state index contributed by atoms with van der Waals surface area (Å²) in [4.78, 5) is 9.57. The zero-order valence-electron chi connectivity index (χ0n) is 32.9. The molecule has 3 nitrogen and oxygen atoms in total. The minimum Gasteiger partial charge on any atom is -0.299 e. The van der Waals surface area contributed by atoms with Crippen LogP contribution in [0.2, 0.25) is 18.5 Å². The zero-order valence-corrected chi connectivity index (χ0v) is 36.5. The first kappa shape index (κ1) is 41.5. The van der Waals surface area contributed by atoms with E-state index in [1.54, 1.807) is 13.3 Å². The minimum absolute atomic E-state index is 0.565. The van der Waals surface area contributed by atoms with Crippen molar-refractivity contribution in [3.63, 3.8) is 0 Å². The molecule has 3 heterocycles. The van der Waals surface area contributed by atoms with E-state index in [0.29, 0.717) is 5.15 Å². The molecule has 0 saturated heterocycles. The topological polar surface area (TPSA) is 19.4 Å². The first-order valence-corrected chi connectivity index (χ1v) is 28.5. The van der Waals surface area contributed by atoms with Gasteiger partial charge in [0.25, 0.3) is 0 Å². The van der Waals surface area contributed by atoms with Crippen molar-refractivity contribution in [1.29, 1.82) is 0 Å². The van der Waals surface area contributed by atoms with E-state index >= 15 is 0 Å². The Morgan fingerprint density at radius 2 is 1.21 bits per heavy atom. The van der Waals surface area contributed by atoms with Crippen molar-refractivity contribution in [2.45, 2.75) is 98.4 Å². The molecule has 4 aromatic rings. The maximum atomic E-state index is 6.01. The van der Waals surface area contributed by atoms with Gasteiger partial charge in [-0.25, -0.2) is 4.98 Å². The van der Waals surface area contributed by atoms with Gasteiger partial charge in [-0.15, -0.1) is 0 Å². The molecule has 0 fully saturated rings. The van der Waals surface area contributed by atoms with Crippen molar-refractivity contribution in [1.82, 2.24) is 14.8 Å². The third-order valence-electron chi connectivity index (χ3n) is 11.4. The van der Waals surface area contributed by atoms with Gasteiger partial charge in [-0.05, 0) is 47.2 Å². The van der Waals surface area contributed by atoms with Gasteiger partial charge in [-0.2, -0.15) is 0 Å². The average Bonchev–Trinajstić information content (AvgIpc) is 3.22. The van der Waals surface area contributed by atoms with Crippen LogP contribution in [0, 0.1) is 0 Å². The maximum absolute atomic E-state index is 6.01. The monoisotopic (exact) mass is 837 g/mol. The molecule has 1 aromatic heterocycles. The van der Waals surface area contributed by atoms with Gasteiger partial charge in [0.05, 0.1) is 5.69 Å². The second-order valence-corrected chi connectivity index (χ2v) is 29.0. The van der Waals surface area contributed by atoms with Crippen LogP contribution in [-0.4, -0.2) is 65.9 Å². The van der Waals surface area contributed by atoms with Crippen molar-refractivity contribution in [2.75, 3.05) is 32.7 Å². The zero-order chi connectivity index (χ0) is 37.1. The quantitative estimate of drug-likeness (QED) is 0.0780. The van der Waals surface area contributed by atoms with E-state index < -0.39 is 18.4 Å². The van der Waals surface area contributed by atoms with E-state index in [4.69, 9.17) is 11.6 Å². The van der Waals surface area contributed by atoms with Gasteiger partial charge in [0.2, 0.25) is 0 Å². The number of rotatable bonds is 17. The number of unbranched alkanes of at least 4 members (excludes halogenated alkanes) is 3. The Kier molecular flexibility index (Phi) is 17.7. The normalized spacial score (nSPS) is 15.3. The molecule has 0 bridgehead atoms. The first-order valence-electron chi connectivity index (χ1n) is 20.7. The summed E-state index contributed by atoms with van der Waals surface area (Å²) >= 11 is 3.87. The molecule has 5 heteroatoms. The molecule has 0 unspecified atom stereocenters. The Hall–Kier alpha value is -2.70. The van der Waals surface area contributed by atoms with Gasteiger partial charge in [0.1, 0.15) is 5.15 Å². The molecule has 2 aliphatic rings. The molecular weight excluding hydrogens is 773 g/mol. The van der Waals surface area contributed by atoms with Gasteiger partial charge in [0, 0.05) is 19.6 Å². The Labute approximate surface area is 331 Å². The summed E-state index contributed by atoms with van der Waals surface area (Å²) in [6.07, 6.45) is 17.1. The minimum atomic E-state index is -2.14. The molecular formula is C48H64ClN3Sn. The molecule has 6 rings (SSSR count). The number of pyridine rings is 1. The maximum Gasteiger partial charge on any atom is 0.129 e. The molecule has 0 aliphatic carbocycles. The summed E-state index contributed by atoms with van der Waals surface area (Å²) in [6, 6.07) is 36.3. The number of hydrogen-bond acceptors (Lipinski definition) is 3. The molecule has 53 heavy (non-hydrogen) atoms. The summed E-state index contributed by atoms with van der Waals surface area (Å²) < 4.78 is 6.88. The fourth-order valence-electron chi connectivity index (χ4n) is 8.10. The number of aromatic nitrogens is 1. The summed E-state index contributed by atoms with van der Waals surface area (Å²) in [7, 11) is 0. The second kappa shape index (κ2) is 22.6. The Balaban J connectivity index is 0.000000205. The molecule has 0 amide bonds. The predicted octanol–water partition coefficient (Wildman–Crippen LogP) is 12.9. The Bertz CT molecular complexity index is 1660. The Morgan fingerprint density at radius 3 is 1.77 bits per heavy atom. The third kappa shape index (κ3) is 13.2. The van der Waals surface area contributed by atoms with Crippen molar-refractivity contribution in [3.05, 3.63) is 141 Å². The van der Waals surface area contributed by atoms with Gasteiger partial charge in [0.15, 0.2) is 0 Å². The first-order chi connectivity index (χ1) is 26.0. The van der Waals surface area contributed by atoms with E-state index in [2.05, 4.69) is 133 Å². The smallest absolute Gasteiger partial charge is 0.129 e. The molecule has 282 valence electrons. The van der Waals surface area contributed by atoms with Crippen LogP contribution in [0.4, 0.5) is 0 Å². The summed E-state index contributed by atoms with van der Waals surface area (Å²) in [5.41, 5.74) is 7.72. The summed E-state index contributed by atoms with van der Waals surface area (Å²) in [5, 5.41) is 0.565. The van der Waals surface area contributed by atoms with Gasteiger partial charge in [-0.1, -0.05) is 78.3 Å². The van der Waals surface area contributed by atoms with E-state index in [0.717, 1.165) is 44.7 Å². The molecule has 3 aromatic carbocycles. The fraction of sp³-hybridized carbons (Fsp3) is 0.438. The van der Waals surface area contributed by atoms with E-state index in [9.17, 15) is 0 Å². The molecule has 0 atom stereocenters. The van der Waals surface area contributed by atoms with Crippen molar-refractivity contribution < 1.29 is 0 Å². The molecule has 0 N–H and O–H groups in total. The van der Waals surface area contributed by atoms with Crippen LogP contribution in [0.15, 0.2) is 119 Å². The van der Waals surface area contributed by atoms with Gasteiger partial charge in [-0.3, -0.25) is 4.90 Å². The standard InChI is InChI=1S/C24H23ClN2.C12H14N.3C4H9.Sn/c25-24-8-4-7-23(26-24)22-14-17-27(18-15-22)16-13-19-9-11-21(12-10-19)20-5-2-1-3-6-20;1-3-7-12(8-4-1)11-13-9-5-2-6-10-13;3*1-3-4-2;/h1-12,14H,13,15-18H2;1,3-5,7-8H,6,9-11H2;3*1,3-4H2,2H3;. The van der Waals surface area contributed by atoms with Crippen LogP contribution < -0.4 is 0 Å². The van der Waals surface area contributed by atoms with E-state index in [1.807, 2.05) is 21.8 Å². The van der Waals surface area contributed by atoms with Crippen LogP contribution in [0.5, 0.6) is 0 Å². The molecule has 0 spiro atoms. The van der Waals surface area contributed by atoms with Crippen LogP contribution in [0.25, 0.3) is 16.7 Å². The van der Waals surface area contributed by atoms with Crippen molar-refractivity contribution >= 4 is 35.6 Å². The number of halogens is 1. The van der Waals surface area contributed by atoms with Crippen LogP contribution in [0.3, 0.4) is 0 Å². The van der Waals surface area contributed by atoms with Crippen molar-refractivity contribution in [2.24, 2.45) is 0 Å². The molecule has 0 saturated carbocycles. The predicted molar refractivity (Wildman–Crippen MR) is 233 cm³/mol. The largest absolute Gasteiger partial charge is 0.299 e. The van der Waals surface area contributed by atoms with Crippen LogP contribution in [0.1, 0.15) is 89.0 Å². The van der Waals surface area contributed by atoms with Crippen molar-refractivity contribution in [3.8, 4) is 11.1 Å². The number of hydrogen-bond donors (Lipinski definition) is 0. The van der Waals surface area contributed by atoms with Crippen LogP contribution >= 0.6 is 11.6 Å². The number of benzene rings is 3. The average molecular weight is 837 g/mol.